The molecule has 1 aliphatic rings. The molecule has 0 aliphatic carbocycles. The fourth-order valence-corrected chi connectivity index (χ4v) is 3.62. The molecule has 0 saturated heterocycles. The predicted molar refractivity (Wildman–Crippen MR) is 108 cm³/mol. The Labute approximate surface area is 166 Å². The first-order valence-electron chi connectivity index (χ1n) is 8.86. The lowest BCUT2D eigenvalue weighted by Gasteiger charge is -2.24. The second kappa shape index (κ2) is 8.27. The average molecular weight is 395 g/mol. The summed E-state index contributed by atoms with van der Waals surface area (Å²) in [4.78, 5) is 15.7. The lowest BCUT2D eigenvalue weighted by Crippen LogP contribution is -2.28. The monoisotopic (exact) mass is 395 g/mol. The van der Waals surface area contributed by atoms with Crippen LogP contribution in [0, 0.1) is 5.82 Å². The SMILES string of the molecule is O=C(/C=C/c1cccc(F)c1)N(Cc1cccs1)c1ccc2c(c1)OCCO2. The molecule has 4 nitrogen and oxygen atoms in total. The molecule has 0 spiro atoms. The number of hydrogen-bond acceptors (Lipinski definition) is 4. The van der Waals surface area contributed by atoms with Crippen molar-refractivity contribution >= 4 is 29.0 Å². The van der Waals surface area contributed by atoms with Crippen LogP contribution in [0.2, 0.25) is 0 Å². The topological polar surface area (TPSA) is 38.8 Å². The molecule has 4 rings (SSSR count). The van der Waals surface area contributed by atoms with Gasteiger partial charge in [-0.25, -0.2) is 4.39 Å². The minimum absolute atomic E-state index is 0.200. The Bertz CT molecular complexity index is 1000. The Balaban J connectivity index is 1.62. The van der Waals surface area contributed by atoms with E-state index in [4.69, 9.17) is 9.47 Å². The molecule has 1 amide bonds. The molecule has 6 heteroatoms. The van der Waals surface area contributed by atoms with Crippen molar-refractivity contribution in [3.63, 3.8) is 0 Å². The highest BCUT2D eigenvalue weighted by Gasteiger charge is 2.19. The minimum atomic E-state index is -0.336. The van der Waals surface area contributed by atoms with Crippen LogP contribution in [0.4, 0.5) is 10.1 Å². The number of fused-ring (bicyclic) bond motifs is 1. The molecule has 1 aliphatic heterocycles. The standard InChI is InChI=1S/C22H18FNO3S/c23-17-4-1-3-16(13-17)6-9-22(25)24(15-19-5-2-12-28-19)18-7-8-20-21(14-18)27-11-10-26-20/h1-9,12-14H,10-11,15H2/b9-6+. The van der Waals surface area contributed by atoms with Crippen LogP contribution in [0.1, 0.15) is 10.4 Å². The lowest BCUT2D eigenvalue weighted by molar-refractivity contribution is -0.114. The third-order valence-electron chi connectivity index (χ3n) is 4.26. The third kappa shape index (κ3) is 4.23. The van der Waals surface area contributed by atoms with Crippen molar-refractivity contribution in [2.75, 3.05) is 18.1 Å². The van der Waals surface area contributed by atoms with Gasteiger partial charge in [0, 0.05) is 22.7 Å². The first kappa shape index (κ1) is 18.3. The Morgan fingerprint density at radius 2 is 1.93 bits per heavy atom. The number of carbonyl (C=O) groups is 1. The zero-order chi connectivity index (χ0) is 19.3. The van der Waals surface area contributed by atoms with Crippen molar-refractivity contribution in [1.82, 2.24) is 0 Å². The smallest absolute Gasteiger partial charge is 0.251 e. The van der Waals surface area contributed by atoms with Gasteiger partial charge in [-0.15, -0.1) is 11.3 Å². The summed E-state index contributed by atoms with van der Waals surface area (Å²) >= 11 is 1.59. The van der Waals surface area contributed by atoms with E-state index in [1.807, 2.05) is 35.7 Å². The van der Waals surface area contributed by atoms with Crippen molar-refractivity contribution in [3.8, 4) is 11.5 Å². The summed E-state index contributed by atoms with van der Waals surface area (Å²) in [7, 11) is 0. The molecule has 0 atom stereocenters. The number of thiophene rings is 1. The van der Waals surface area contributed by atoms with Crippen LogP contribution in [-0.2, 0) is 11.3 Å². The highest BCUT2D eigenvalue weighted by atomic mass is 32.1. The molecule has 28 heavy (non-hydrogen) atoms. The van der Waals surface area contributed by atoms with Gasteiger partial charge in [-0.2, -0.15) is 0 Å². The minimum Gasteiger partial charge on any atom is -0.486 e. The number of nitrogens with zero attached hydrogens (tertiary/aromatic N) is 1. The normalized spacial score (nSPS) is 12.9. The molecule has 1 aromatic heterocycles. The zero-order valence-corrected chi connectivity index (χ0v) is 15.8. The van der Waals surface area contributed by atoms with Crippen molar-refractivity contribution in [3.05, 3.63) is 82.3 Å². The van der Waals surface area contributed by atoms with Crippen LogP contribution in [0.15, 0.2) is 66.1 Å². The maximum absolute atomic E-state index is 13.4. The number of halogens is 1. The van der Waals surface area contributed by atoms with E-state index in [0.29, 0.717) is 42.5 Å². The van der Waals surface area contributed by atoms with Crippen LogP contribution < -0.4 is 14.4 Å². The fraction of sp³-hybridized carbons (Fsp3) is 0.136. The van der Waals surface area contributed by atoms with Crippen molar-refractivity contribution in [2.45, 2.75) is 6.54 Å². The molecular formula is C22H18FNO3S. The number of ether oxygens (including phenoxy) is 2. The number of hydrogen-bond donors (Lipinski definition) is 0. The van der Waals surface area contributed by atoms with Crippen LogP contribution in [0.3, 0.4) is 0 Å². The van der Waals surface area contributed by atoms with Gasteiger partial charge in [0.1, 0.15) is 19.0 Å². The van der Waals surface area contributed by atoms with E-state index >= 15 is 0 Å². The van der Waals surface area contributed by atoms with Crippen molar-refractivity contribution in [1.29, 1.82) is 0 Å². The Morgan fingerprint density at radius 1 is 1.07 bits per heavy atom. The Hall–Kier alpha value is -3.12. The second-order valence-corrected chi connectivity index (χ2v) is 7.25. The van der Waals surface area contributed by atoms with E-state index in [-0.39, 0.29) is 11.7 Å². The van der Waals surface area contributed by atoms with E-state index in [9.17, 15) is 9.18 Å². The molecule has 0 fully saturated rings. The lowest BCUT2D eigenvalue weighted by atomic mass is 10.2. The zero-order valence-electron chi connectivity index (χ0n) is 15.0. The van der Waals surface area contributed by atoms with Gasteiger partial charge in [0.2, 0.25) is 0 Å². The Kier molecular flexibility index (Phi) is 5.39. The summed E-state index contributed by atoms with van der Waals surface area (Å²) in [5.41, 5.74) is 1.35. The fourth-order valence-electron chi connectivity index (χ4n) is 2.92. The summed E-state index contributed by atoms with van der Waals surface area (Å²) in [6.45, 7) is 1.43. The van der Waals surface area contributed by atoms with E-state index in [0.717, 1.165) is 4.88 Å². The van der Waals surface area contributed by atoms with Crippen LogP contribution >= 0.6 is 11.3 Å². The highest BCUT2D eigenvalue weighted by molar-refractivity contribution is 7.09. The molecule has 2 heterocycles. The summed E-state index contributed by atoms with van der Waals surface area (Å²) in [5.74, 6) is 0.766. The molecule has 0 radical (unpaired) electrons. The second-order valence-electron chi connectivity index (χ2n) is 6.22. The number of amides is 1. The molecule has 0 bridgehead atoms. The van der Waals surface area contributed by atoms with Gasteiger partial charge < -0.3 is 14.4 Å². The first-order chi connectivity index (χ1) is 13.7. The average Bonchev–Trinajstić information content (AvgIpc) is 3.23. The van der Waals surface area contributed by atoms with Crippen molar-refractivity contribution in [2.24, 2.45) is 0 Å². The third-order valence-corrected chi connectivity index (χ3v) is 5.13. The predicted octanol–water partition coefficient (Wildman–Crippen LogP) is 4.91. The van der Waals surface area contributed by atoms with E-state index in [1.54, 1.807) is 34.4 Å². The Morgan fingerprint density at radius 3 is 2.71 bits per heavy atom. The first-order valence-corrected chi connectivity index (χ1v) is 9.74. The van der Waals surface area contributed by atoms with E-state index < -0.39 is 0 Å². The summed E-state index contributed by atoms with van der Waals surface area (Å²) in [6.07, 6.45) is 3.07. The van der Waals surface area contributed by atoms with Crippen LogP contribution in [0.5, 0.6) is 11.5 Å². The van der Waals surface area contributed by atoms with Crippen LogP contribution in [0.25, 0.3) is 6.08 Å². The molecule has 2 aromatic carbocycles. The maximum atomic E-state index is 13.4. The number of benzene rings is 2. The molecule has 0 saturated carbocycles. The van der Waals surface area contributed by atoms with Gasteiger partial charge in [0.25, 0.3) is 5.91 Å². The molecule has 3 aromatic rings. The van der Waals surface area contributed by atoms with Gasteiger partial charge in [0.05, 0.1) is 6.54 Å². The van der Waals surface area contributed by atoms with Crippen LogP contribution in [-0.4, -0.2) is 19.1 Å². The largest absolute Gasteiger partial charge is 0.486 e. The number of carbonyl (C=O) groups excluding carboxylic acids is 1. The van der Waals surface area contributed by atoms with Gasteiger partial charge in [-0.3, -0.25) is 4.79 Å². The van der Waals surface area contributed by atoms with E-state index in [2.05, 4.69) is 0 Å². The number of anilines is 1. The maximum Gasteiger partial charge on any atom is 0.251 e. The summed E-state index contributed by atoms with van der Waals surface area (Å²) in [6, 6.07) is 15.5. The molecule has 0 N–H and O–H groups in total. The summed E-state index contributed by atoms with van der Waals surface area (Å²) < 4.78 is 24.6. The van der Waals surface area contributed by atoms with Gasteiger partial charge in [-0.05, 0) is 47.4 Å². The highest BCUT2D eigenvalue weighted by Crippen LogP contribution is 2.34. The molecular weight excluding hydrogens is 377 g/mol. The quantitative estimate of drug-likeness (QED) is 0.577. The number of rotatable bonds is 5. The van der Waals surface area contributed by atoms with Gasteiger partial charge in [-0.1, -0.05) is 18.2 Å². The summed E-state index contributed by atoms with van der Waals surface area (Å²) in [5, 5.41) is 1.98. The van der Waals surface area contributed by atoms with Gasteiger partial charge in [0.15, 0.2) is 11.5 Å². The van der Waals surface area contributed by atoms with Gasteiger partial charge >= 0.3 is 0 Å². The van der Waals surface area contributed by atoms with Crippen molar-refractivity contribution < 1.29 is 18.7 Å². The van der Waals surface area contributed by atoms with E-state index in [1.165, 1.54) is 18.2 Å². The molecule has 0 unspecified atom stereocenters. The molecule has 142 valence electrons.